The quantitative estimate of drug-likeness (QED) is 0.723. The maximum Gasteiger partial charge on any atom is 0.303 e. The van der Waals surface area contributed by atoms with Crippen molar-refractivity contribution in [1.82, 2.24) is 0 Å². The molecule has 0 radical (unpaired) electrons. The first-order valence-corrected chi connectivity index (χ1v) is 7.63. The second-order valence-electron chi connectivity index (χ2n) is 4.68. The number of ether oxygens (including phenoxy) is 3. The number of esters is 2. The second kappa shape index (κ2) is 7.83. The fourth-order valence-corrected chi connectivity index (χ4v) is 3.09. The summed E-state index contributed by atoms with van der Waals surface area (Å²) in [7, 11) is 0. The van der Waals surface area contributed by atoms with E-state index in [9.17, 15) is 14.0 Å². The van der Waals surface area contributed by atoms with Crippen molar-refractivity contribution >= 4 is 23.7 Å². The van der Waals surface area contributed by atoms with Crippen LogP contribution in [-0.2, 0) is 23.8 Å². The Morgan fingerprint density at radius 2 is 1.95 bits per heavy atom. The van der Waals surface area contributed by atoms with Crippen molar-refractivity contribution in [3.63, 3.8) is 0 Å². The molecule has 0 bridgehead atoms. The average Bonchev–Trinajstić information content (AvgIpc) is 2.36. The van der Waals surface area contributed by atoms with Gasteiger partial charge in [-0.3, -0.25) is 9.59 Å². The van der Waals surface area contributed by atoms with Gasteiger partial charge in [-0.2, -0.15) is 0 Å². The normalized spacial score (nSPS) is 33.5. The van der Waals surface area contributed by atoms with Crippen LogP contribution < -0.4 is 0 Å². The molecule has 0 N–H and O–H groups in total. The molecule has 0 aliphatic carbocycles. The van der Waals surface area contributed by atoms with Crippen molar-refractivity contribution in [3.05, 3.63) is 0 Å². The maximum absolute atomic E-state index is 14.4. The molecule has 5 atom stereocenters. The van der Waals surface area contributed by atoms with Crippen LogP contribution in [0.1, 0.15) is 27.7 Å². The van der Waals surface area contributed by atoms with Gasteiger partial charge in [-0.15, -0.1) is 11.8 Å². The van der Waals surface area contributed by atoms with Crippen molar-refractivity contribution in [2.45, 2.75) is 51.5 Å². The SMILES string of the molecule is CCS[C@@H]1OC(COC(C)=O)C(F)C(OC(C)=O)C1C. The van der Waals surface area contributed by atoms with E-state index in [1.165, 1.54) is 25.6 Å². The monoisotopic (exact) mass is 308 g/mol. The topological polar surface area (TPSA) is 61.8 Å². The van der Waals surface area contributed by atoms with Crippen molar-refractivity contribution in [2.24, 2.45) is 5.92 Å². The highest BCUT2D eigenvalue weighted by atomic mass is 32.2. The van der Waals surface area contributed by atoms with Gasteiger partial charge < -0.3 is 14.2 Å². The first kappa shape index (κ1) is 17.2. The van der Waals surface area contributed by atoms with Crippen LogP contribution >= 0.6 is 11.8 Å². The Bertz CT molecular complexity index is 352. The third-order valence-corrected chi connectivity index (χ3v) is 4.21. The Balaban J connectivity index is 2.79. The molecule has 1 heterocycles. The summed E-state index contributed by atoms with van der Waals surface area (Å²) in [6, 6.07) is 0. The molecule has 0 spiro atoms. The number of halogens is 1. The summed E-state index contributed by atoms with van der Waals surface area (Å²) >= 11 is 1.51. The Morgan fingerprint density at radius 1 is 1.30 bits per heavy atom. The van der Waals surface area contributed by atoms with Crippen LogP contribution in [0.4, 0.5) is 4.39 Å². The molecule has 1 aliphatic rings. The molecule has 0 saturated carbocycles. The fourth-order valence-electron chi connectivity index (χ4n) is 2.08. The molecule has 4 unspecified atom stereocenters. The highest BCUT2D eigenvalue weighted by Gasteiger charge is 2.46. The predicted molar refractivity (Wildman–Crippen MR) is 73.0 cm³/mol. The van der Waals surface area contributed by atoms with Gasteiger partial charge in [0, 0.05) is 19.8 Å². The van der Waals surface area contributed by atoms with Crippen molar-refractivity contribution < 1.29 is 28.2 Å². The van der Waals surface area contributed by atoms with Gasteiger partial charge in [-0.1, -0.05) is 13.8 Å². The first-order valence-electron chi connectivity index (χ1n) is 6.58. The Morgan fingerprint density at radius 3 is 2.45 bits per heavy atom. The first-order chi connectivity index (χ1) is 9.36. The number of thioether (sulfide) groups is 1. The summed E-state index contributed by atoms with van der Waals surface area (Å²) in [6.07, 6.45) is -3.31. The molecule has 1 saturated heterocycles. The van der Waals surface area contributed by atoms with Crippen LogP contribution in [0.2, 0.25) is 0 Å². The van der Waals surface area contributed by atoms with Crippen molar-refractivity contribution in [3.8, 4) is 0 Å². The lowest BCUT2D eigenvalue weighted by Gasteiger charge is -2.41. The minimum Gasteiger partial charge on any atom is -0.463 e. The molecule has 7 heteroatoms. The lowest BCUT2D eigenvalue weighted by atomic mass is 9.94. The Labute approximate surface area is 122 Å². The third-order valence-electron chi connectivity index (χ3n) is 3.01. The van der Waals surface area contributed by atoms with Crippen LogP contribution in [-0.4, -0.2) is 48.1 Å². The van der Waals surface area contributed by atoms with Gasteiger partial charge in [0.05, 0.1) is 0 Å². The number of carbonyl (C=O) groups excluding carboxylic acids is 2. The zero-order valence-electron chi connectivity index (χ0n) is 12.1. The van der Waals surface area contributed by atoms with Crippen LogP contribution in [0.5, 0.6) is 0 Å². The van der Waals surface area contributed by atoms with Crippen molar-refractivity contribution in [2.75, 3.05) is 12.4 Å². The molecule has 5 nitrogen and oxygen atoms in total. The van der Waals surface area contributed by atoms with Crippen LogP contribution in [0, 0.1) is 5.92 Å². The van der Waals surface area contributed by atoms with Crippen LogP contribution in [0.25, 0.3) is 0 Å². The van der Waals surface area contributed by atoms with E-state index in [-0.39, 0.29) is 18.0 Å². The summed E-state index contributed by atoms with van der Waals surface area (Å²) in [4.78, 5) is 22.0. The molecule has 0 amide bonds. The molecule has 0 aromatic carbocycles. The van der Waals surface area contributed by atoms with E-state index in [0.717, 1.165) is 5.75 Å². The third kappa shape index (κ3) is 4.63. The minimum atomic E-state index is -1.51. The van der Waals surface area contributed by atoms with Crippen LogP contribution in [0.3, 0.4) is 0 Å². The lowest BCUT2D eigenvalue weighted by Crippen LogP contribution is -2.53. The smallest absolute Gasteiger partial charge is 0.303 e. The fraction of sp³-hybridized carbons (Fsp3) is 0.846. The van der Waals surface area contributed by atoms with Gasteiger partial charge in [0.1, 0.15) is 24.3 Å². The zero-order chi connectivity index (χ0) is 15.3. The van der Waals surface area contributed by atoms with E-state index in [1.807, 2.05) is 6.92 Å². The highest BCUT2D eigenvalue weighted by molar-refractivity contribution is 7.99. The molecule has 0 aromatic rings. The summed E-state index contributed by atoms with van der Waals surface area (Å²) in [6.45, 7) is 6.07. The number of carbonyl (C=O) groups is 2. The summed E-state index contributed by atoms with van der Waals surface area (Å²) < 4.78 is 29.9. The van der Waals surface area contributed by atoms with E-state index in [1.54, 1.807) is 6.92 Å². The zero-order valence-corrected chi connectivity index (χ0v) is 12.9. The summed E-state index contributed by atoms with van der Waals surface area (Å²) in [5.74, 6) is -0.507. The second-order valence-corrected chi connectivity index (χ2v) is 6.05. The van der Waals surface area contributed by atoms with Gasteiger partial charge in [0.15, 0.2) is 6.17 Å². The van der Waals surface area contributed by atoms with Crippen molar-refractivity contribution in [1.29, 1.82) is 0 Å². The maximum atomic E-state index is 14.4. The molecule has 116 valence electrons. The van der Waals surface area contributed by atoms with Gasteiger partial charge in [0.25, 0.3) is 0 Å². The number of alkyl halides is 1. The van der Waals surface area contributed by atoms with Gasteiger partial charge in [-0.25, -0.2) is 4.39 Å². The predicted octanol–water partition coefficient (Wildman–Crippen LogP) is 1.93. The largest absolute Gasteiger partial charge is 0.463 e. The van der Waals surface area contributed by atoms with Crippen LogP contribution in [0.15, 0.2) is 0 Å². The Hall–Kier alpha value is -0.820. The minimum absolute atomic E-state index is 0.179. The highest BCUT2D eigenvalue weighted by Crippen LogP contribution is 2.35. The number of rotatable bonds is 5. The van der Waals surface area contributed by atoms with Gasteiger partial charge in [0.2, 0.25) is 0 Å². The van der Waals surface area contributed by atoms with E-state index >= 15 is 0 Å². The van der Waals surface area contributed by atoms with Gasteiger partial charge in [-0.05, 0) is 5.75 Å². The number of hydrogen-bond acceptors (Lipinski definition) is 6. The van der Waals surface area contributed by atoms with E-state index in [0.29, 0.717) is 0 Å². The summed E-state index contributed by atoms with van der Waals surface area (Å²) in [5, 5.41) is 0. The molecule has 1 aliphatic heterocycles. The molecule has 1 rings (SSSR count). The lowest BCUT2D eigenvalue weighted by molar-refractivity contribution is -0.190. The molecular formula is C13H21FO5S. The van der Waals surface area contributed by atoms with E-state index < -0.39 is 30.3 Å². The molecule has 0 aromatic heterocycles. The average molecular weight is 308 g/mol. The van der Waals surface area contributed by atoms with E-state index in [4.69, 9.17) is 14.2 Å². The molecule has 20 heavy (non-hydrogen) atoms. The standard InChI is InChI=1S/C13H21FO5S/c1-5-20-13-7(2)12(18-9(4)16)11(14)10(19-13)6-17-8(3)15/h7,10-13H,5-6H2,1-4H3/t7?,10?,11?,12?,13-/m0/s1. The molecule has 1 fully saturated rings. The number of hydrogen-bond donors (Lipinski definition) is 0. The van der Waals surface area contributed by atoms with Gasteiger partial charge >= 0.3 is 11.9 Å². The molecular weight excluding hydrogens is 287 g/mol. The summed E-state index contributed by atoms with van der Waals surface area (Å²) in [5.41, 5.74) is -0.295. The van der Waals surface area contributed by atoms with E-state index in [2.05, 4.69) is 0 Å². The Kier molecular flexibility index (Phi) is 6.75.